The Hall–Kier alpha value is -2.20. The van der Waals surface area contributed by atoms with Crippen molar-refractivity contribution in [3.8, 4) is 11.5 Å². The first-order valence-electron chi connectivity index (χ1n) is 5.90. The molecule has 106 valence electrons. The standard InChI is InChI=1S/C15H16N2O2.ClH/c1-18-13-9-5-8-12(15(16)17)14(13)19-10-11-6-3-2-4-7-11;/h2-9H,10H2,1H3,(H3,16,17);1H. The minimum Gasteiger partial charge on any atom is -0.493 e. The number of methoxy groups -OCH3 is 1. The van der Waals surface area contributed by atoms with Crippen molar-refractivity contribution in [1.29, 1.82) is 5.41 Å². The Bertz CT molecular complexity index is 573. The second-order valence-corrected chi connectivity index (χ2v) is 4.02. The van der Waals surface area contributed by atoms with Gasteiger partial charge in [-0.2, -0.15) is 0 Å². The Kier molecular flexibility index (Phi) is 5.87. The molecule has 5 heteroatoms. The van der Waals surface area contributed by atoms with Gasteiger partial charge in [-0.25, -0.2) is 0 Å². The number of hydrogen-bond acceptors (Lipinski definition) is 3. The van der Waals surface area contributed by atoms with Gasteiger partial charge in [0.1, 0.15) is 12.4 Å². The van der Waals surface area contributed by atoms with Gasteiger partial charge in [0.05, 0.1) is 12.7 Å². The Morgan fingerprint density at radius 3 is 2.40 bits per heavy atom. The number of nitrogen functional groups attached to an aromatic ring is 1. The van der Waals surface area contributed by atoms with Crippen molar-refractivity contribution >= 4 is 18.2 Å². The molecule has 2 aromatic rings. The van der Waals surface area contributed by atoms with Crippen LogP contribution in [-0.2, 0) is 6.61 Å². The molecule has 0 aliphatic carbocycles. The molecule has 0 radical (unpaired) electrons. The second kappa shape index (κ2) is 7.40. The molecule has 0 spiro atoms. The van der Waals surface area contributed by atoms with Gasteiger partial charge in [0.15, 0.2) is 11.5 Å². The van der Waals surface area contributed by atoms with Crippen LogP contribution in [-0.4, -0.2) is 12.9 Å². The van der Waals surface area contributed by atoms with Crippen LogP contribution < -0.4 is 15.2 Å². The van der Waals surface area contributed by atoms with Crippen LogP contribution in [0, 0.1) is 5.41 Å². The van der Waals surface area contributed by atoms with Gasteiger partial charge in [0.2, 0.25) is 0 Å². The fourth-order valence-electron chi connectivity index (χ4n) is 1.77. The lowest BCUT2D eigenvalue weighted by molar-refractivity contribution is 0.284. The molecule has 0 saturated heterocycles. The average molecular weight is 293 g/mol. The highest BCUT2D eigenvalue weighted by molar-refractivity contribution is 5.98. The topological polar surface area (TPSA) is 68.3 Å². The minimum absolute atomic E-state index is 0. The lowest BCUT2D eigenvalue weighted by Crippen LogP contribution is -2.13. The number of benzene rings is 2. The van der Waals surface area contributed by atoms with E-state index >= 15 is 0 Å². The van der Waals surface area contributed by atoms with Crippen LogP contribution in [0.1, 0.15) is 11.1 Å². The second-order valence-electron chi connectivity index (χ2n) is 4.02. The third-order valence-electron chi connectivity index (χ3n) is 2.71. The Morgan fingerprint density at radius 1 is 1.10 bits per heavy atom. The smallest absolute Gasteiger partial charge is 0.172 e. The summed E-state index contributed by atoms with van der Waals surface area (Å²) in [6.45, 7) is 0.404. The van der Waals surface area contributed by atoms with E-state index in [-0.39, 0.29) is 18.2 Å². The van der Waals surface area contributed by atoms with E-state index in [2.05, 4.69) is 0 Å². The molecule has 0 unspecified atom stereocenters. The maximum atomic E-state index is 7.57. The molecule has 20 heavy (non-hydrogen) atoms. The molecule has 3 N–H and O–H groups in total. The fourth-order valence-corrected chi connectivity index (χ4v) is 1.77. The highest BCUT2D eigenvalue weighted by Crippen LogP contribution is 2.31. The van der Waals surface area contributed by atoms with Crippen LogP contribution in [0.4, 0.5) is 0 Å². The van der Waals surface area contributed by atoms with E-state index in [0.29, 0.717) is 23.7 Å². The summed E-state index contributed by atoms with van der Waals surface area (Å²) < 4.78 is 11.0. The van der Waals surface area contributed by atoms with Gasteiger partial charge in [0.25, 0.3) is 0 Å². The van der Waals surface area contributed by atoms with Crippen LogP contribution in [0.15, 0.2) is 48.5 Å². The molecule has 2 rings (SSSR count). The Balaban J connectivity index is 0.00000200. The molecule has 0 amide bonds. The fraction of sp³-hybridized carbons (Fsp3) is 0.133. The van der Waals surface area contributed by atoms with E-state index in [0.717, 1.165) is 5.56 Å². The van der Waals surface area contributed by atoms with Gasteiger partial charge in [-0.15, -0.1) is 12.4 Å². The van der Waals surface area contributed by atoms with Crippen LogP contribution in [0.5, 0.6) is 11.5 Å². The van der Waals surface area contributed by atoms with Crippen LogP contribution in [0.2, 0.25) is 0 Å². The number of halogens is 1. The van der Waals surface area contributed by atoms with Gasteiger partial charge in [0, 0.05) is 0 Å². The van der Waals surface area contributed by atoms with Crippen molar-refractivity contribution in [2.75, 3.05) is 7.11 Å². The molecule has 0 saturated carbocycles. The van der Waals surface area contributed by atoms with Gasteiger partial charge in [-0.05, 0) is 17.7 Å². The first-order valence-corrected chi connectivity index (χ1v) is 5.90. The Labute approximate surface area is 124 Å². The lowest BCUT2D eigenvalue weighted by atomic mass is 10.1. The summed E-state index contributed by atoms with van der Waals surface area (Å²) in [5.74, 6) is 1.03. The van der Waals surface area contributed by atoms with Crippen molar-refractivity contribution < 1.29 is 9.47 Å². The number of ether oxygens (including phenoxy) is 2. The van der Waals surface area contributed by atoms with Crippen molar-refractivity contribution in [2.24, 2.45) is 5.73 Å². The van der Waals surface area contributed by atoms with E-state index < -0.39 is 0 Å². The first kappa shape index (κ1) is 15.9. The van der Waals surface area contributed by atoms with Crippen molar-refractivity contribution in [1.82, 2.24) is 0 Å². The number of nitrogens with one attached hydrogen (secondary N) is 1. The third-order valence-corrected chi connectivity index (χ3v) is 2.71. The zero-order valence-corrected chi connectivity index (χ0v) is 11.9. The summed E-state index contributed by atoms with van der Waals surface area (Å²) in [6.07, 6.45) is 0. The van der Waals surface area contributed by atoms with E-state index in [1.165, 1.54) is 0 Å². The molecule has 0 aliphatic rings. The molecular weight excluding hydrogens is 276 g/mol. The van der Waals surface area contributed by atoms with Gasteiger partial charge >= 0.3 is 0 Å². The number of nitrogens with two attached hydrogens (primary N) is 1. The lowest BCUT2D eigenvalue weighted by Gasteiger charge is -2.14. The van der Waals surface area contributed by atoms with E-state index in [4.69, 9.17) is 20.6 Å². The number of hydrogen-bond donors (Lipinski definition) is 2. The minimum atomic E-state index is -0.0399. The van der Waals surface area contributed by atoms with Gasteiger partial charge in [-0.1, -0.05) is 36.4 Å². The summed E-state index contributed by atoms with van der Waals surface area (Å²) in [4.78, 5) is 0. The summed E-state index contributed by atoms with van der Waals surface area (Å²) in [5.41, 5.74) is 7.14. The monoisotopic (exact) mass is 292 g/mol. The van der Waals surface area contributed by atoms with Crippen LogP contribution in [0.3, 0.4) is 0 Å². The molecule has 0 atom stereocenters. The molecule has 0 aliphatic heterocycles. The molecule has 0 fully saturated rings. The Morgan fingerprint density at radius 2 is 1.80 bits per heavy atom. The first-order chi connectivity index (χ1) is 9.22. The van der Waals surface area contributed by atoms with Crippen LogP contribution in [0.25, 0.3) is 0 Å². The SMILES string of the molecule is COc1cccc(C(=N)N)c1OCc1ccccc1.Cl. The molecule has 0 bridgehead atoms. The number of para-hydroxylation sites is 1. The molecule has 0 aromatic heterocycles. The molecular formula is C15H17ClN2O2. The van der Waals surface area contributed by atoms with Crippen molar-refractivity contribution in [2.45, 2.75) is 6.61 Å². The predicted molar refractivity (Wildman–Crippen MR) is 82.0 cm³/mol. The van der Waals surface area contributed by atoms with E-state index in [1.807, 2.05) is 30.3 Å². The molecule has 4 nitrogen and oxygen atoms in total. The summed E-state index contributed by atoms with van der Waals surface area (Å²) in [7, 11) is 1.56. The summed E-state index contributed by atoms with van der Waals surface area (Å²) >= 11 is 0. The predicted octanol–water partition coefficient (Wildman–Crippen LogP) is 2.98. The summed E-state index contributed by atoms with van der Waals surface area (Å²) in [6, 6.07) is 15.1. The number of rotatable bonds is 5. The quantitative estimate of drug-likeness (QED) is 0.657. The average Bonchev–Trinajstić information content (AvgIpc) is 2.45. The normalized spacial score (nSPS) is 9.45. The maximum absolute atomic E-state index is 7.57. The zero-order chi connectivity index (χ0) is 13.7. The van der Waals surface area contributed by atoms with Crippen molar-refractivity contribution in [3.05, 3.63) is 59.7 Å². The molecule has 0 heterocycles. The van der Waals surface area contributed by atoms with E-state index in [1.54, 1.807) is 25.3 Å². The van der Waals surface area contributed by atoms with E-state index in [9.17, 15) is 0 Å². The van der Waals surface area contributed by atoms with Crippen LogP contribution >= 0.6 is 12.4 Å². The highest BCUT2D eigenvalue weighted by atomic mass is 35.5. The molecule has 2 aromatic carbocycles. The third kappa shape index (κ3) is 3.65. The number of amidine groups is 1. The van der Waals surface area contributed by atoms with Gasteiger partial charge in [-0.3, -0.25) is 5.41 Å². The highest BCUT2D eigenvalue weighted by Gasteiger charge is 2.12. The van der Waals surface area contributed by atoms with Gasteiger partial charge < -0.3 is 15.2 Å². The zero-order valence-electron chi connectivity index (χ0n) is 11.1. The maximum Gasteiger partial charge on any atom is 0.172 e. The summed E-state index contributed by atoms with van der Waals surface area (Å²) in [5, 5.41) is 7.57. The van der Waals surface area contributed by atoms with Crippen molar-refractivity contribution in [3.63, 3.8) is 0 Å². The largest absolute Gasteiger partial charge is 0.493 e.